The van der Waals surface area contributed by atoms with Crippen molar-refractivity contribution in [3.63, 3.8) is 0 Å². The van der Waals surface area contributed by atoms with E-state index in [2.05, 4.69) is 15.3 Å². The van der Waals surface area contributed by atoms with E-state index in [1.165, 1.54) is 30.2 Å². The van der Waals surface area contributed by atoms with E-state index in [1.807, 2.05) is 31.2 Å². The number of para-hydroxylation sites is 1. The first-order valence-electron chi connectivity index (χ1n) is 10.8. The molecule has 1 aliphatic rings. The molecule has 1 amide bonds. The van der Waals surface area contributed by atoms with Crippen LogP contribution in [0.4, 0.5) is 11.5 Å². The Kier molecular flexibility index (Phi) is 6.87. The molecule has 33 heavy (non-hydrogen) atoms. The first kappa shape index (κ1) is 23.5. The number of aromatic nitrogens is 2. The molecule has 174 valence electrons. The molecule has 0 fully saturated rings. The molecule has 0 bridgehead atoms. The van der Waals surface area contributed by atoms with Crippen LogP contribution in [0.25, 0.3) is 10.9 Å². The lowest BCUT2D eigenvalue weighted by Crippen LogP contribution is -2.37. The number of aryl methyl sites for hydroxylation is 1. The molecule has 10 heteroatoms. The molecule has 0 radical (unpaired) electrons. The number of sulfonamides is 1. The Hall–Kier alpha value is -2.69. The first-order chi connectivity index (χ1) is 15.8. The molecule has 0 saturated carbocycles. The lowest BCUT2D eigenvalue weighted by atomic mass is 10.0. The summed E-state index contributed by atoms with van der Waals surface area (Å²) in [6, 6.07) is 12.8. The highest BCUT2D eigenvalue weighted by Crippen LogP contribution is 2.31. The summed E-state index contributed by atoms with van der Waals surface area (Å²) in [5.74, 6) is 0.906. The third-order valence-corrected chi connectivity index (χ3v) is 8.14. The van der Waals surface area contributed by atoms with Crippen molar-refractivity contribution in [2.24, 2.45) is 0 Å². The summed E-state index contributed by atoms with van der Waals surface area (Å²) in [6.07, 6.45) is 1.52. The standard InChI is InChI=1S/C23H27N5O3S2/c1-4-24-22-18-9-5-6-10-19(18)25-23(26-22)32-15-21(29)28-13-7-8-16-14-17(11-12-20(16)28)33(30,31)27(2)3/h5-6,9-12,14H,4,7-8,13,15H2,1-3H3,(H,24,25,26). The van der Waals surface area contributed by atoms with Crippen LogP contribution in [0.2, 0.25) is 0 Å². The molecule has 2 aromatic carbocycles. The molecule has 1 aromatic heterocycles. The van der Waals surface area contributed by atoms with Gasteiger partial charge in [0.25, 0.3) is 0 Å². The molecule has 8 nitrogen and oxygen atoms in total. The average molecular weight is 486 g/mol. The van der Waals surface area contributed by atoms with E-state index in [9.17, 15) is 13.2 Å². The minimum absolute atomic E-state index is 0.0501. The summed E-state index contributed by atoms with van der Waals surface area (Å²) in [6.45, 7) is 3.35. The van der Waals surface area contributed by atoms with Gasteiger partial charge in [-0.25, -0.2) is 22.7 Å². The highest BCUT2D eigenvalue weighted by molar-refractivity contribution is 7.99. The number of nitrogens with zero attached hydrogens (tertiary/aromatic N) is 4. The van der Waals surface area contributed by atoms with Crippen molar-refractivity contribution in [3.8, 4) is 0 Å². The van der Waals surface area contributed by atoms with Gasteiger partial charge in [-0.2, -0.15) is 0 Å². The van der Waals surface area contributed by atoms with E-state index < -0.39 is 10.0 Å². The van der Waals surface area contributed by atoms with Crippen molar-refractivity contribution in [2.45, 2.75) is 29.8 Å². The van der Waals surface area contributed by atoms with Crippen LogP contribution in [0.5, 0.6) is 0 Å². The predicted molar refractivity (Wildman–Crippen MR) is 132 cm³/mol. The number of anilines is 2. The number of nitrogens with one attached hydrogen (secondary N) is 1. The third kappa shape index (κ3) is 4.83. The SMILES string of the molecule is CCNc1nc(SCC(=O)N2CCCc3cc(S(=O)(=O)N(C)C)ccc32)nc2ccccc12. The fourth-order valence-corrected chi connectivity index (χ4v) is 5.51. The summed E-state index contributed by atoms with van der Waals surface area (Å²) >= 11 is 1.31. The molecule has 0 atom stereocenters. The van der Waals surface area contributed by atoms with Crippen LogP contribution in [0.3, 0.4) is 0 Å². The van der Waals surface area contributed by atoms with E-state index in [0.29, 0.717) is 11.7 Å². The highest BCUT2D eigenvalue weighted by atomic mass is 32.2. The van der Waals surface area contributed by atoms with Gasteiger partial charge < -0.3 is 10.2 Å². The summed E-state index contributed by atoms with van der Waals surface area (Å²) in [5, 5.41) is 4.76. The monoisotopic (exact) mass is 485 g/mol. The number of thioether (sulfide) groups is 1. The second-order valence-corrected chi connectivity index (χ2v) is 11.0. The van der Waals surface area contributed by atoms with Gasteiger partial charge in [-0.05, 0) is 55.7 Å². The van der Waals surface area contributed by atoms with Crippen LogP contribution < -0.4 is 10.2 Å². The van der Waals surface area contributed by atoms with Crippen molar-refractivity contribution < 1.29 is 13.2 Å². The molecule has 1 aliphatic heterocycles. The summed E-state index contributed by atoms with van der Waals surface area (Å²) in [4.78, 5) is 24.3. The fourth-order valence-electron chi connectivity index (χ4n) is 3.83. The van der Waals surface area contributed by atoms with Gasteiger partial charge in [0.05, 0.1) is 16.2 Å². The summed E-state index contributed by atoms with van der Waals surface area (Å²) < 4.78 is 26.2. The minimum Gasteiger partial charge on any atom is -0.370 e. The molecule has 0 saturated heterocycles. The average Bonchev–Trinajstić information content (AvgIpc) is 2.81. The number of carbonyl (C=O) groups is 1. The molecule has 3 aromatic rings. The number of rotatable bonds is 7. The molecule has 0 aliphatic carbocycles. The van der Waals surface area contributed by atoms with Gasteiger partial charge in [-0.15, -0.1) is 0 Å². The Balaban J connectivity index is 1.54. The van der Waals surface area contributed by atoms with Crippen molar-refractivity contribution in [2.75, 3.05) is 43.2 Å². The molecular weight excluding hydrogens is 458 g/mol. The van der Waals surface area contributed by atoms with Gasteiger partial charge in [-0.3, -0.25) is 4.79 Å². The zero-order valence-corrected chi connectivity index (χ0v) is 20.5. The van der Waals surface area contributed by atoms with E-state index in [1.54, 1.807) is 23.1 Å². The normalized spacial score (nSPS) is 13.9. The first-order valence-corrected chi connectivity index (χ1v) is 13.2. The second-order valence-electron chi connectivity index (χ2n) is 7.92. The van der Waals surface area contributed by atoms with Crippen LogP contribution in [0.1, 0.15) is 18.9 Å². The van der Waals surface area contributed by atoms with E-state index in [4.69, 9.17) is 0 Å². The van der Waals surface area contributed by atoms with Crippen molar-refractivity contribution in [3.05, 3.63) is 48.0 Å². The number of fused-ring (bicyclic) bond motifs is 2. The van der Waals surface area contributed by atoms with Crippen LogP contribution >= 0.6 is 11.8 Å². The molecular formula is C23H27N5O3S2. The van der Waals surface area contributed by atoms with Gasteiger partial charge in [0.1, 0.15) is 5.82 Å². The predicted octanol–water partition coefficient (Wildman–Crippen LogP) is 3.38. The topological polar surface area (TPSA) is 95.5 Å². The largest absolute Gasteiger partial charge is 0.370 e. The Morgan fingerprint density at radius 1 is 1.18 bits per heavy atom. The maximum atomic E-state index is 13.1. The minimum atomic E-state index is -3.52. The summed E-state index contributed by atoms with van der Waals surface area (Å²) in [5.41, 5.74) is 2.48. The van der Waals surface area contributed by atoms with Crippen LogP contribution in [0.15, 0.2) is 52.5 Å². The number of hydrogen-bond donors (Lipinski definition) is 1. The lowest BCUT2D eigenvalue weighted by Gasteiger charge is -2.30. The van der Waals surface area contributed by atoms with Crippen molar-refractivity contribution in [1.29, 1.82) is 0 Å². The summed E-state index contributed by atoms with van der Waals surface area (Å²) in [7, 11) is -0.494. The maximum Gasteiger partial charge on any atom is 0.242 e. The maximum absolute atomic E-state index is 13.1. The number of benzene rings is 2. The van der Waals surface area contributed by atoms with E-state index >= 15 is 0 Å². The molecule has 2 heterocycles. The second kappa shape index (κ2) is 9.66. The lowest BCUT2D eigenvalue weighted by molar-refractivity contribution is -0.116. The Morgan fingerprint density at radius 3 is 2.73 bits per heavy atom. The zero-order chi connectivity index (χ0) is 23.6. The zero-order valence-electron chi connectivity index (χ0n) is 18.9. The Bertz CT molecular complexity index is 1290. The van der Waals surface area contributed by atoms with Gasteiger partial charge in [0.2, 0.25) is 15.9 Å². The number of carbonyl (C=O) groups excluding carboxylic acids is 1. The van der Waals surface area contributed by atoms with Gasteiger partial charge >= 0.3 is 0 Å². The number of amides is 1. The molecule has 1 N–H and O–H groups in total. The van der Waals surface area contributed by atoms with Gasteiger partial charge in [-0.1, -0.05) is 23.9 Å². The van der Waals surface area contributed by atoms with Crippen LogP contribution in [0, 0.1) is 0 Å². The quantitative estimate of drug-likeness (QED) is 0.405. The van der Waals surface area contributed by atoms with Crippen LogP contribution in [-0.2, 0) is 21.2 Å². The highest BCUT2D eigenvalue weighted by Gasteiger charge is 2.26. The van der Waals surface area contributed by atoms with Crippen molar-refractivity contribution >= 4 is 50.1 Å². The van der Waals surface area contributed by atoms with Gasteiger partial charge in [0.15, 0.2) is 5.16 Å². The molecule has 0 spiro atoms. The Labute approximate surface area is 198 Å². The van der Waals surface area contributed by atoms with E-state index in [0.717, 1.165) is 47.4 Å². The van der Waals surface area contributed by atoms with E-state index in [-0.39, 0.29) is 16.6 Å². The van der Waals surface area contributed by atoms with Crippen molar-refractivity contribution in [1.82, 2.24) is 14.3 Å². The van der Waals surface area contributed by atoms with Crippen LogP contribution in [-0.4, -0.2) is 61.5 Å². The molecule has 4 rings (SSSR count). The van der Waals surface area contributed by atoms with Gasteiger partial charge in [0, 0.05) is 38.3 Å². The third-order valence-electron chi connectivity index (χ3n) is 5.50. The fraction of sp³-hybridized carbons (Fsp3) is 0.348. The smallest absolute Gasteiger partial charge is 0.242 e. The molecule has 0 unspecified atom stereocenters. The Morgan fingerprint density at radius 2 is 1.97 bits per heavy atom. The number of hydrogen-bond acceptors (Lipinski definition) is 7.